The SMILES string of the molecule is CC(=O)N[C@@H](Cc1csc2ccccc12)C(=O)N[C@H](Cc1ccccc1)C(=O)N[C@@H](CCCN=C(N)N)C(=O)N[C@@H](Cc1c[nH]c2ccccc12)C(N)=O. The van der Waals surface area contributed by atoms with Crippen LogP contribution in [0.15, 0.2) is 95.4 Å². The van der Waals surface area contributed by atoms with E-state index in [0.29, 0.717) is 6.42 Å². The van der Waals surface area contributed by atoms with Crippen LogP contribution in [-0.4, -0.2) is 71.2 Å². The van der Waals surface area contributed by atoms with E-state index in [2.05, 4.69) is 31.2 Å². The number of fused-ring (bicyclic) bond motifs is 2. The molecule has 54 heavy (non-hydrogen) atoms. The van der Waals surface area contributed by atoms with Crippen LogP contribution >= 0.6 is 11.3 Å². The zero-order valence-corrected chi connectivity index (χ0v) is 30.7. The molecule has 14 nitrogen and oxygen atoms in total. The number of nitrogens with two attached hydrogens (primary N) is 3. The van der Waals surface area contributed by atoms with Gasteiger partial charge in [-0.1, -0.05) is 66.7 Å². The number of nitrogens with zero attached hydrogens (tertiary/aromatic N) is 1. The summed E-state index contributed by atoms with van der Waals surface area (Å²) in [5.41, 5.74) is 20.0. The van der Waals surface area contributed by atoms with Crippen LogP contribution in [0.3, 0.4) is 0 Å². The molecule has 15 heteroatoms. The number of guanidine groups is 1. The lowest BCUT2D eigenvalue weighted by molar-refractivity contribution is -0.134. The first kappa shape index (κ1) is 39.0. The van der Waals surface area contributed by atoms with E-state index in [1.54, 1.807) is 6.20 Å². The molecule has 282 valence electrons. The highest BCUT2D eigenvalue weighted by molar-refractivity contribution is 7.17. The fourth-order valence-corrected chi connectivity index (χ4v) is 7.23. The van der Waals surface area contributed by atoms with Gasteiger partial charge in [0.15, 0.2) is 5.96 Å². The van der Waals surface area contributed by atoms with Gasteiger partial charge in [0.25, 0.3) is 0 Å². The summed E-state index contributed by atoms with van der Waals surface area (Å²) in [6.07, 6.45) is 2.53. The lowest BCUT2D eigenvalue weighted by atomic mass is 10.0. The summed E-state index contributed by atoms with van der Waals surface area (Å²) in [6, 6.07) is 20.0. The van der Waals surface area contributed by atoms with Crippen molar-refractivity contribution in [1.29, 1.82) is 0 Å². The average molecular weight is 752 g/mol. The molecule has 5 rings (SSSR count). The minimum atomic E-state index is -1.16. The van der Waals surface area contributed by atoms with Crippen molar-refractivity contribution in [3.8, 4) is 0 Å². The Labute approximate surface area is 316 Å². The number of carbonyl (C=O) groups is 5. The molecule has 0 aliphatic carbocycles. The van der Waals surface area contributed by atoms with Crippen LogP contribution in [-0.2, 0) is 43.2 Å². The van der Waals surface area contributed by atoms with Crippen molar-refractivity contribution in [1.82, 2.24) is 26.3 Å². The number of rotatable bonds is 18. The zero-order chi connectivity index (χ0) is 38.6. The van der Waals surface area contributed by atoms with Crippen LogP contribution in [0.1, 0.15) is 36.5 Å². The highest BCUT2D eigenvalue weighted by atomic mass is 32.1. The van der Waals surface area contributed by atoms with E-state index >= 15 is 0 Å². The molecular formula is C39H45N9O5S. The second kappa shape index (κ2) is 18.5. The topological polar surface area (TPSA) is 240 Å². The van der Waals surface area contributed by atoms with E-state index in [-0.39, 0.29) is 38.2 Å². The molecule has 0 aliphatic rings. The quantitative estimate of drug-likeness (QED) is 0.0376. The number of H-pyrrole nitrogens is 1. The zero-order valence-electron chi connectivity index (χ0n) is 29.8. The van der Waals surface area contributed by atoms with Gasteiger partial charge in [0.2, 0.25) is 29.5 Å². The van der Waals surface area contributed by atoms with E-state index in [0.717, 1.165) is 37.7 Å². The van der Waals surface area contributed by atoms with Crippen LogP contribution in [0, 0.1) is 0 Å². The third kappa shape index (κ3) is 10.7. The lowest BCUT2D eigenvalue weighted by Gasteiger charge is -2.26. The van der Waals surface area contributed by atoms with E-state index in [4.69, 9.17) is 17.2 Å². The largest absolute Gasteiger partial charge is 0.370 e. The molecule has 0 saturated heterocycles. The number of nitrogens with one attached hydrogen (secondary N) is 5. The van der Waals surface area contributed by atoms with Crippen LogP contribution in [0.2, 0.25) is 0 Å². The molecule has 5 aromatic rings. The van der Waals surface area contributed by atoms with E-state index < -0.39 is 53.7 Å². The Morgan fingerprint density at radius 1 is 0.685 bits per heavy atom. The highest BCUT2D eigenvalue weighted by Crippen LogP contribution is 2.27. The molecule has 0 spiro atoms. The van der Waals surface area contributed by atoms with Crippen molar-refractivity contribution in [3.63, 3.8) is 0 Å². The number of thiophene rings is 1. The summed E-state index contributed by atoms with van der Waals surface area (Å²) >= 11 is 1.53. The van der Waals surface area contributed by atoms with Gasteiger partial charge in [-0.05, 0) is 52.4 Å². The van der Waals surface area contributed by atoms with Gasteiger partial charge in [0.1, 0.15) is 24.2 Å². The Hall–Kier alpha value is -6.22. The summed E-state index contributed by atoms with van der Waals surface area (Å²) in [4.78, 5) is 74.0. The van der Waals surface area contributed by atoms with Crippen molar-refractivity contribution in [2.45, 2.75) is 63.2 Å². The molecule has 0 aliphatic heterocycles. The Morgan fingerprint density at radius 2 is 1.28 bits per heavy atom. The maximum Gasteiger partial charge on any atom is 0.243 e. The summed E-state index contributed by atoms with van der Waals surface area (Å²) in [5.74, 6) is -3.16. The molecule has 0 radical (unpaired) electrons. The van der Waals surface area contributed by atoms with Gasteiger partial charge in [-0.3, -0.25) is 29.0 Å². The summed E-state index contributed by atoms with van der Waals surface area (Å²) in [5, 5.41) is 14.9. The number of aromatic amines is 1. The first-order valence-corrected chi connectivity index (χ1v) is 18.4. The number of hydrogen-bond acceptors (Lipinski definition) is 7. The van der Waals surface area contributed by atoms with Gasteiger partial charge in [0, 0.05) is 54.5 Å². The van der Waals surface area contributed by atoms with Gasteiger partial charge in [-0.2, -0.15) is 0 Å². The number of amides is 5. The molecule has 3 aromatic carbocycles. The standard InChI is InChI=1S/C39H45N9O5S/c1-23(49)45-33(20-26-22-54-34-16-8-6-13-28(26)34)38(53)48-32(18-24-10-3-2-4-11-24)37(52)46-30(15-9-17-43-39(41)42)36(51)47-31(35(40)50)19-25-21-44-29-14-7-5-12-27(25)29/h2-8,10-14,16,21-22,30-33,44H,9,15,17-20H2,1H3,(H2,40,50)(H,45,49)(H,46,52)(H,47,51)(H,48,53)(H4,41,42,43)/t30-,31-,32+,33-/m0/s1. The molecule has 0 bridgehead atoms. The normalized spacial score (nSPS) is 13.3. The van der Waals surface area contributed by atoms with Gasteiger partial charge < -0.3 is 43.5 Å². The molecule has 4 atom stereocenters. The van der Waals surface area contributed by atoms with Crippen molar-refractivity contribution >= 4 is 67.8 Å². The maximum absolute atomic E-state index is 14.1. The maximum atomic E-state index is 14.1. The third-order valence-corrected chi connectivity index (χ3v) is 9.94. The van der Waals surface area contributed by atoms with E-state index in [1.165, 1.54) is 18.3 Å². The number of primary amides is 1. The molecule has 5 amide bonds. The Balaban J connectivity index is 1.37. The minimum Gasteiger partial charge on any atom is -0.370 e. The smallest absolute Gasteiger partial charge is 0.243 e. The van der Waals surface area contributed by atoms with Gasteiger partial charge >= 0.3 is 0 Å². The first-order chi connectivity index (χ1) is 26.0. The van der Waals surface area contributed by atoms with E-state index in [1.807, 2.05) is 84.2 Å². The average Bonchev–Trinajstić information content (AvgIpc) is 3.75. The second-order valence-corrected chi connectivity index (χ2v) is 13.9. The molecule has 2 heterocycles. The van der Waals surface area contributed by atoms with Gasteiger partial charge in [-0.15, -0.1) is 11.3 Å². The van der Waals surface area contributed by atoms with Crippen LogP contribution < -0.4 is 38.5 Å². The number of para-hydroxylation sites is 1. The van der Waals surface area contributed by atoms with Gasteiger partial charge in [-0.25, -0.2) is 0 Å². The van der Waals surface area contributed by atoms with Crippen LogP contribution in [0.25, 0.3) is 21.0 Å². The summed E-state index contributed by atoms with van der Waals surface area (Å²) in [6.45, 7) is 1.50. The van der Waals surface area contributed by atoms with Crippen molar-refractivity contribution in [2.75, 3.05) is 6.54 Å². The number of benzene rings is 3. The van der Waals surface area contributed by atoms with E-state index in [9.17, 15) is 24.0 Å². The predicted molar refractivity (Wildman–Crippen MR) is 210 cm³/mol. The van der Waals surface area contributed by atoms with Crippen LogP contribution in [0.5, 0.6) is 0 Å². The van der Waals surface area contributed by atoms with Crippen molar-refractivity contribution in [3.05, 3.63) is 107 Å². The number of carbonyl (C=O) groups excluding carboxylic acids is 5. The Kier molecular flexibility index (Phi) is 13.4. The Bertz CT molecular complexity index is 2130. The number of aromatic nitrogens is 1. The van der Waals surface area contributed by atoms with Crippen molar-refractivity contribution < 1.29 is 24.0 Å². The Morgan fingerprint density at radius 3 is 1.98 bits per heavy atom. The third-order valence-electron chi connectivity index (χ3n) is 8.93. The van der Waals surface area contributed by atoms with Crippen LogP contribution in [0.4, 0.5) is 0 Å². The second-order valence-electron chi connectivity index (χ2n) is 13.0. The molecule has 0 saturated carbocycles. The fourth-order valence-electron chi connectivity index (χ4n) is 6.26. The fraction of sp³-hybridized carbons (Fsp3) is 0.282. The molecule has 2 aromatic heterocycles. The lowest BCUT2D eigenvalue weighted by Crippen LogP contribution is -2.59. The number of aliphatic imine (C=N–C) groups is 1. The monoisotopic (exact) mass is 751 g/mol. The number of hydrogen-bond donors (Lipinski definition) is 8. The first-order valence-electron chi connectivity index (χ1n) is 17.6. The summed E-state index contributed by atoms with van der Waals surface area (Å²) < 4.78 is 1.04. The molecular weight excluding hydrogens is 707 g/mol. The minimum absolute atomic E-state index is 0.0827. The molecule has 11 N–H and O–H groups in total. The van der Waals surface area contributed by atoms with Crippen molar-refractivity contribution in [2.24, 2.45) is 22.2 Å². The molecule has 0 unspecified atom stereocenters. The van der Waals surface area contributed by atoms with Gasteiger partial charge in [0.05, 0.1) is 0 Å². The summed E-state index contributed by atoms with van der Waals surface area (Å²) in [7, 11) is 0. The highest BCUT2D eigenvalue weighted by Gasteiger charge is 2.31. The predicted octanol–water partition coefficient (Wildman–Crippen LogP) is 1.91. The molecule has 0 fully saturated rings.